The summed E-state index contributed by atoms with van der Waals surface area (Å²) in [6.07, 6.45) is 0. The van der Waals surface area contributed by atoms with E-state index < -0.39 is 0 Å². The lowest BCUT2D eigenvalue weighted by molar-refractivity contribution is 0.121. The molecule has 1 heteroatoms. The molecule has 0 aliphatic carbocycles. The SMILES string of the molecule is CN(Cc1ccc(C(C)(C)C)cc1)C(c1cccc2ccccc12)C(C)(C)C. The van der Waals surface area contributed by atoms with Crippen LogP contribution in [0.3, 0.4) is 0 Å². The first-order valence-corrected chi connectivity index (χ1v) is 10.3. The van der Waals surface area contributed by atoms with Gasteiger partial charge < -0.3 is 0 Å². The minimum atomic E-state index is 0.129. The summed E-state index contributed by atoms with van der Waals surface area (Å²) >= 11 is 0. The average Bonchev–Trinajstić information content (AvgIpc) is 2.60. The molecule has 1 nitrogen and oxygen atoms in total. The fourth-order valence-electron chi connectivity index (χ4n) is 4.34. The highest BCUT2D eigenvalue weighted by molar-refractivity contribution is 5.86. The van der Waals surface area contributed by atoms with E-state index >= 15 is 0 Å². The third-order valence-corrected chi connectivity index (χ3v) is 5.63. The molecule has 0 aliphatic rings. The first-order valence-electron chi connectivity index (χ1n) is 10.3. The molecule has 0 spiro atoms. The smallest absolute Gasteiger partial charge is 0.0403 e. The predicted molar refractivity (Wildman–Crippen MR) is 123 cm³/mol. The fraction of sp³-hybridized carbons (Fsp3) is 0.407. The Bertz CT molecular complexity index is 918. The molecule has 0 amide bonds. The van der Waals surface area contributed by atoms with Crippen molar-refractivity contribution < 1.29 is 0 Å². The summed E-state index contributed by atoms with van der Waals surface area (Å²) in [7, 11) is 2.26. The molecule has 0 saturated heterocycles. The van der Waals surface area contributed by atoms with Crippen LogP contribution >= 0.6 is 0 Å². The Morgan fingerprint density at radius 3 is 1.96 bits per heavy atom. The topological polar surface area (TPSA) is 3.24 Å². The molecule has 0 N–H and O–H groups in total. The Hall–Kier alpha value is -2.12. The van der Waals surface area contributed by atoms with E-state index in [1.54, 1.807) is 0 Å². The maximum atomic E-state index is 2.51. The predicted octanol–water partition coefficient (Wildman–Crippen LogP) is 7.36. The molecule has 3 rings (SSSR count). The summed E-state index contributed by atoms with van der Waals surface area (Å²) in [6, 6.07) is 24.9. The Labute approximate surface area is 171 Å². The number of rotatable bonds is 4. The fourth-order valence-corrected chi connectivity index (χ4v) is 4.34. The van der Waals surface area contributed by atoms with Crippen molar-refractivity contribution in [2.45, 2.75) is 59.5 Å². The van der Waals surface area contributed by atoms with Crippen molar-refractivity contribution >= 4 is 10.8 Å². The summed E-state index contributed by atoms with van der Waals surface area (Å²) in [5.41, 5.74) is 4.50. The van der Waals surface area contributed by atoms with Gasteiger partial charge in [-0.05, 0) is 45.3 Å². The maximum absolute atomic E-state index is 2.51. The monoisotopic (exact) mass is 373 g/mol. The Morgan fingerprint density at radius 2 is 1.36 bits per heavy atom. The molecule has 0 bridgehead atoms. The van der Waals surface area contributed by atoms with Gasteiger partial charge in [0.1, 0.15) is 0 Å². The van der Waals surface area contributed by atoms with Gasteiger partial charge in [0, 0.05) is 12.6 Å². The molecule has 3 aromatic rings. The lowest BCUT2D eigenvalue weighted by Crippen LogP contribution is -2.34. The Morgan fingerprint density at radius 1 is 0.750 bits per heavy atom. The molecule has 1 unspecified atom stereocenters. The van der Waals surface area contributed by atoms with Crippen LogP contribution in [0.15, 0.2) is 66.7 Å². The van der Waals surface area contributed by atoms with Crippen LogP contribution in [-0.2, 0) is 12.0 Å². The van der Waals surface area contributed by atoms with Gasteiger partial charge in [-0.15, -0.1) is 0 Å². The van der Waals surface area contributed by atoms with Crippen LogP contribution in [0, 0.1) is 5.41 Å². The summed E-state index contributed by atoms with van der Waals surface area (Å²) < 4.78 is 0. The van der Waals surface area contributed by atoms with Crippen molar-refractivity contribution in [1.29, 1.82) is 0 Å². The second-order valence-electron chi connectivity index (χ2n) is 10.2. The molecule has 0 fully saturated rings. The van der Waals surface area contributed by atoms with Gasteiger partial charge in [0.15, 0.2) is 0 Å². The first-order chi connectivity index (χ1) is 13.1. The lowest BCUT2D eigenvalue weighted by atomic mass is 9.79. The van der Waals surface area contributed by atoms with Crippen LogP contribution in [0.1, 0.15) is 64.3 Å². The van der Waals surface area contributed by atoms with E-state index in [2.05, 4.69) is 120 Å². The summed E-state index contributed by atoms with van der Waals surface area (Å²) in [6.45, 7) is 14.8. The quantitative estimate of drug-likeness (QED) is 0.462. The van der Waals surface area contributed by atoms with Crippen LogP contribution in [0.25, 0.3) is 10.8 Å². The second kappa shape index (κ2) is 7.72. The molecule has 1 atom stereocenters. The molecule has 28 heavy (non-hydrogen) atoms. The van der Waals surface area contributed by atoms with Gasteiger partial charge in [-0.25, -0.2) is 0 Å². The van der Waals surface area contributed by atoms with Crippen LogP contribution in [-0.4, -0.2) is 11.9 Å². The van der Waals surface area contributed by atoms with Crippen LogP contribution in [0.4, 0.5) is 0 Å². The van der Waals surface area contributed by atoms with Crippen molar-refractivity contribution in [3.63, 3.8) is 0 Å². The lowest BCUT2D eigenvalue weighted by Gasteiger charge is -2.39. The van der Waals surface area contributed by atoms with E-state index in [0.29, 0.717) is 6.04 Å². The van der Waals surface area contributed by atoms with E-state index in [9.17, 15) is 0 Å². The Balaban J connectivity index is 1.94. The van der Waals surface area contributed by atoms with Crippen LogP contribution in [0.5, 0.6) is 0 Å². The van der Waals surface area contributed by atoms with Gasteiger partial charge >= 0.3 is 0 Å². The molecule has 0 aromatic heterocycles. The zero-order valence-corrected chi connectivity index (χ0v) is 18.6. The van der Waals surface area contributed by atoms with E-state index in [-0.39, 0.29) is 10.8 Å². The number of nitrogens with zero attached hydrogens (tertiary/aromatic N) is 1. The van der Waals surface area contributed by atoms with Crippen molar-refractivity contribution in [3.05, 3.63) is 83.4 Å². The van der Waals surface area contributed by atoms with Crippen LogP contribution < -0.4 is 0 Å². The Kier molecular flexibility index (Phi) is 5.68. The first kappa shape index (κ1) is 20.6. The standard InChI is InChI=1S/C27H35N/c1-26(2,3)22-17-15-20(16-18-22)19-28(7)25(27(4,5)6)24-14-10-12-21-11-8-9-13-23(21)24/h8-18,25H,19H2,1-7H3. The summed E-state index contributed by atoms with van der Waals surface area (Å²) in [5.74, 6) is 0. The molecule has 0 aliphatic heterocycles. The van der Waals surface area contributed by atoms with Gasteiger partial charge in [0.05, 0.1) is 0 Å². The zero-order chi connectivity index (χ0) is 20.5. The highest BCUT2D eigenvalue weighted by atomic mass is 15.1. The molecule has 0 saturated carbocycles. The third kappa shape index (κ3) is 4.47. The minimum absolute atomic E-state index is 0.129. The largest absolute Gasteiger partial charge is 0.295 e. The average molecular weight is 374 g/mol. The number of hydrogen-bond acceptors (Lipinski definition) is 1. The van der Waals surface area contributed by atoms with E-state index in [1.165, 1.54) is 27.5 Å². The molecule has 0 heterocycles. The number of benzene rings is 3. The van der Waals surface area contributed by atoms with Crippen LogP contribution in [0.2, 0.25) is 0 Å². The summed E-state index contributed by atoms with van der Waals surface area (Å²) in [5, 5.41) is 2.68. The van der Waals surface area contributed by atoms with Gasteiger partial charge in [-0.1, -0.05) is 108 Å². The summed E-state index contributed by atoms with van der Waals surface area (Å²) in [4.78, 5) is 2.51. The molecular formula is C27H35N. The maximum Gasteiger partial charge on any atom is 0.0403 e. The zero-order valence-electron chi connectivity index (χ0n) is 18.6. The van der Waals surface area contributed by atoms with Crippen molar-refractivity contribution in [1.82, 2.24) is 4.90 Å². The number of fused-ring (bicyclic) bond motifs is 1. The molecule has 3 aromatic carbocycles. The second-order valence-corrected chi connectivity index (χ2v) is 10.2. The molecule has 148 valence electrons. The third-order valence-electron chi connectivity index (χ3n) is 5.63. The van der Waals surface area contributed by atoms with Crippen molar-refractivity contribution in [3.8, 4) is 0 Å². The van der Waals surface area contributed by atoms with E-state index in [4.69, 9.17) is 0 Å². The normalized spacial score (nSPS) is 13.9. The highest BCUT2D eigenvalue weighted by Crippen LogP contribution is 2.40. The van der Waals surface area contributed by atoms with Crippen molar-refractivity contribution in [2.24, 2.45) is 5.41 Å². The molecule has 0 radical (unpaired) electrons. The highest BCUT2D eigenvalue weighted by Gasteiger charge is 2.31. The minimum Gasteiger partial charge on any atom is -0.295 e. The van der Waals surface area contributed by atoms with Gasteiger partial charge in [0.2, 0.25) is 0 Å². The molecular weight excluding hydrogens is 338 g/mol. The van der Waals surface area contributed by atoms with Gasteiger partial charge in [-0.2, -0.15) is 0 Å². The van der Waals surface area contributed by atoms with Crippen molar-refractivity contribution in [2.75, 3.05) is 7.05 Å². The van der Waals surface area contributed by atoms with E-state index in [1.807, 2.05) is 0 Å². The van der Waals surface area contributed by atoms with E-state index in [0.717, 1.165) is 6.54 Å². The van der Waals surface area contributed by atoms with Gasteiger partial charge in [-0.3, -0.25) is 4.90 Å². The van der Waals surface area contributed by atoms with Gasteiger partial charge in [0.25, 0.3) is 0 Å². The number of hydrogen-bond donors (Lipinski definition) is 0.